The van der Waals surface area contributed by atoms with Gasteiger partial charge >= 0.3 is 11.9 Å². The lowest BCUT2D eigenvalue weighted by atomic mass is 10.0. The van der Waals surface area contributed by atoms with Crippen LogP contribution in [0.15, 0.2) is 54.6 Å². The number of carbonyl (C=O) groups is 3. The molecule has 0 aromatic heterocycles. The predicted octanol–water partition coefficient (Wildman–Crippen LogP) is 2.13. The number of carbonyl (C=O) groups excluding carboxylic acids is 1. The zero-order valence-corrected chi connectivity index (χ0v) is 17.5. The summed E-state index contributed by atoms with van der Waals surface area (Å²) in [6.07, 6.45) is 2.07. The lowest BCUT2D eigenvalue weighted by Gasteiger charge is -2.31. The number of aryl methyl sites for hydroxylation is 1. The molecule has 3 rings (SSSR count). The van der Waals surface area contributed by atoms with E-state index < -0.39 is 36.5 Å². The molecule has 2 aromatic rings. The summed E-state index contributed by atoms with van der Waals surface area (Å²) in [5.74, 6) is -2.52. The first-order valence-electron chi connectivity index (χ1n) is 10.5. The first kappa shape index (κ1) is 22.5. The van der Waals surface area contributed by atoms with Crippen molar-refractivity contribution in [2.45, 2.75) is 50.7 Å². The molecule has 31 heavy (non-hydrogen) atoms. The maximum Gasteiger partial charge on any atom is 0.323 e. The molecular formula is C24H28N2O5. The Morgan fingerprint density at radius 1 is 1.00 bits per heavy atom. The van der Waals surface area contributed by atoms with Crippen molar-refractivity contribution in [1.82, 2.24) is 10.2 Å². The summed E-state index contributed by atoms with van der Waals surface area (Å²) in [5, 5.41) is 21.9. The maximum atomic E-state index is 13.2. The van der Waals surface area contributed by atoms with E-state index in [1.54, 1.807) is 6.92 Å². The molecule has 1 amide bonds. The number of carboxylic acid groups (broad SMARTS) is 2. The molecule has 1 aliphatic rings. The molecule has 2 atom stereocenters. The van der Waals surface area contributed by atoms with E-state index in [9.17, 15) is 24.6 Å². The summed E-state index contributed by atoms with van der Waals surface area (Å²) in [6, 6.07) is 15.4. The van der Waals surface area contributed by atoms with Gasteiger partial charge in [-0.05, 0) is 49.3 Å². The molecule has 0 radical (unpaired) electrons. The van der Waals surface area contributed by atoms with E-state index in [0.29, 0.717) is 25.7 Å². The van der Waals surface area contributed by atoms with Crippen molar-refractivity contribution in [3.05, 3.63) is 71.3 Å². The maximum absolute atomic E-state index is 13.2. The number of hydrogen-bond acceptors (Lipinski definition) is 4. The van der Waals surface area contributed by atoms with Gasteiger partial charge in [0.2, 0.25) is 5.91 Å². The van der Waals surface area contributed by atoms with Crippen LogP contribution in [0.25, 0.3) is 0 Å². The summed E-state index contributed by atoms with van der Waals surface area (Å²) >= 11 is 0. The average molecular weight is 424 g/mol. The van der Waals surface area contributed by atoms with E-state index >= 15 is 0 Å². The van der Waals surface area contributed by atoms with Crippen LogP contribution in [0.4, 0.5) is 0 Å². The lowest BCUT2D eigenvalue weighted by Crippen LogP contribution is -2.54. The third kappa shape index (κ3) is 5.92. The molecule has 164 valence electrons. The molecule has 1 aliphatic carbocycles. The fourth-order valence-electron chi connectivity index (χ4n) is 4.14. The molecule has 0 bridgehead atoms. The number of rotatable bonds is 10. The number of carboxylic acids is 2. The van der Waals surface area contributed by atoms with Crippen LogP contribution in [0.5, 0.6) is 0 Å². The molecule has 2 aromatic carbocycles. The standard InChI is InChI=1S/C24H28N2O5/c1-16(25-21(24(30)31)12-11-17-7-3-2-4-8-17)23(29)26(15-22(27)28)20-13-18-9-5-6-10-19(18)14-20/h2-10,16,20-21,25H,11-15H2,1H3,(H,27,28)(H,30,31). The Balaban J connectivity index is 1.66. The van der Waals surface area contributed by atoms with Crippen LogP contribution in [0.1, 0.15) is 30.0 Å². The van der Waals surface area contributed by atoms with Crippen LogP contribution in [-0.4, -0.2) is 57.6 Å². The van der Waals surface area contributed by atoms with Gasteiger partial charge in [0.05, 0.1) is 6.04 Å². The van der Waals surface area contributed by atoms with Crippen molar-refractivity contribution in [2.75, 3.05) is 6.54 Å². The monoisotopic (exact) mass is 424 g/mol. The van der Waals surface area contributed by atoms with Crippen molar-refractivity contribution in [1.29, 1.82) is 0 Å². The van der Waals surface area contributed by atoms with Gasteiger partial charge in [-0.25, -0.2) is 0 Å². The highest BCUT2D eigenvalue weighted by Crippen LogP contribution is 2.26. The van der Waals surface area contributed by atoms with Crippen molar-refractivity contribution in [3.8, 4) is 0 Å². The quantitative estimate of drug-likeness (QED) is 0.539. The number of aliphatic carboxylic acids is 2. The van der Waals surface area contributed by atoms with Gasteiger partial charge in [0.1, 0.15) is 12.6 Å². The highest BCUT2D eigenvalue weighted by molar-refractivity contribution is 5.86. The molecule has 0 heterocycles. The topological polar surface area (TPSA) is 107 Å². The fraction of sp³-hybridized carbons (Fsp3) is 0.375. The number of amides is 1. The van der Waals surface area contributed by atoms with E-state index in [-0.39, 0.29) is 6.04 Å². The van der Waals surface area contributed by atoms with Crippen molar-refractivity contribution in [2.24, 2.45) is 0 Å². The second-order valence-corrected chi connectivity index (χ2v) is 7.99. The minimum absolute atomic E-state index is 0.252. The van der Waals surface area contributed by atoms with Crippen molar-refractivity contribution in [3.63, 3.8) is 0 Å². The van der Waals surface area contributed by atoms with Gasteiger partial charge in [-0.15, -0.1) is 0 Å². The Hall–Kier alpha value is -3.19. The van der Waals surface area contributed by atoms with Gasteiger partial charge in [0, 0.05) is 6.04 Å². The van der Waals surface area contributed by atoms with Gasteiger partial charge < -0.3 is 15.1 Å². The van der Waals surface area contributed by atoms with E-state index in [4.69, 9.17) is 0 Å². The number of benzene rings is 2. The van der Waals surface area contributed by atoms with E-state index in [1.807, 2.05) is 54.6 Å². The summed E-state index contributed by atoms with van der Waals surface area (Å²) in [6.45, 7) is 1.18. The Morgan fingerprint density at radius 3 is 2.13 bits per heavy atom. The van der Waals surface area contributed by atoms with Gasteiger partial charge in [-0.2, -0.15) is 0 Å². The van der Waals surface area contributed by atoms with Gasteiger partial charge in [0.15, 0.2) is 0 Å². The van der Waals surface area contributed by atoms with Crippen LogP contribution in [0, 0.1) is 0 Å². The summed E-state index contributed by atoms with van der Waals surface area (Å²) in [4.78, 5) is 37.7. The van der Waals surface area contributed by atoms with Gasteiger partial charge in [-0.3, -0.25) is 19.7 Å². The molecule has 0 saturated carbocycles. The minimum Gasteiger partial charge on any atom is -0.480 e. The van der Waals surface area contributed by atoms with E-state index in [1.165, 1.54) is 4.90 Å². The molecule has 3 N–H and O–H groups in total. The first-order chi connectivity index (χ1) is 14.8. The number of fused-ring (bicyclic) bond motifs is 1. The Kier molecular flexibility index (Phi) is 7.41. The van der Waals surface area contributed by atoms with Crippen LogP contribution in [-0.2, 0) is 33.6 Å². The normalized spacial score (nSPS) is 15.1. The summed E-state index contributed by atoms with van der Waals surface area (Å²) < 4.78 is 0. The molecule has 0 fully saturated rings. The molecule has 7 nitrogen and oxygen atoms in total. The van der Waals surface area contributed by atoms with Gasteiger partial charge in [-0.1, -0.05) is 54.6 Å². The average Bonchev–Trinajstić information content (AvgIpc) is 3.18. The molecule has 0 spiro atoms. The zero-order chi connectivity index (χ0) is 22.4. The van der Waals surface area contributed by atoms with E-state index in [0.717, 1.165) is 16.7 Å². The number of nitrogens with one attached hydrogen (secondary N) is 1. The molecule has 7 heteroatoms. The SMILES string of the molecule is CC(NC(CCc1ccccc1)C(=O)O)C(=O)N(CC(=O)O)C1Cc2ccccc2C1. The van der Waals surface area contributed by atoms with Crippen molar-refractivity contribution < 1.29 is 24.6 Å². The first-order valence-corrected chi connectivity index (χ1v) is 10.5. The zero-order valence-electron chi connectivity index (χ0n) is 17.5. The van der Waals surface area contributed by atoms with E-state index in [2.05, 4.69) is 5.32 Å². The summed E-state index contributed by atoms with van der Waals surface area (Å²) in [7, 11) is 0. The number of hydrogen-bond donors (Lipinski definition) is 3. The highest BCUT2D eigenvalue weighted by Gasteiger charge is 2.34. The fourth-order valence-corrected chi connectivity index (χ4v) is 4.14. The predicted molar refractivity (Wildman–Crippen MR) is 116 cm³/mol. The van der Waals surface area contributed by atoms with Crippen LogP contribution >= 0.6 is 0 Å². The number of nitrogens with zero attached hydrogens (tertiary/aromatic N) is 1. The Morgan fingerprint density at radius 2 is 1.58 bits per heavy atom. The third-order valence-corrected chi connectivity index (χ3v) is 5.74. The molecule has 0 aliphatic heterocycles. The Labute approximate surface area is 181 Å². The minimum atomic E-state index is -1.09. The summed E-state index contributed by atoms with van der Waals surface area (Å²) in [5.41, 5.74) is 3.25. The van der Waals surface area contributed by atoms with Gasteiger partial charge in [0.25, 0.3) is 0 Å². The van der Waals surface area contributed by atoms with Crippen molar-refractivity contribution >= 4 is 17.8 Å². The van der Waals surface area contributed by atoms with Crippen LogP contribution in [0.3, 0.4) is 0 Å². The smallest absolute Gasteiger partial charge is 0.323 e. The van der Waals surface area contributed by atoms with Crippen LogP contribution < -0.4 is 5.32 Å². The lowest BCUT2D eigenvalue weighted by molar-refractivity contribution is -0.148. The second kappa shape index (κ2) is 10.2. The molecule has 2 unspecified atom stereocenters. The molecule has 0 saturated heterocycles. The van der Waals surface area contributed by atoms with Crippen LogP contribution in [0.2, 0.25) is 0 Å². The second-order valence-electron chi connectivity index (χ2n) is 7.99. The third-order valence-electron chi connectivity index (χ3n) is 5.74. The highest BCUT2D eigenvalue weighted by atomic mass is 16.4. The molecular weight excluding hydrogens is 396 g/mol. The Bertz CT molecular complexity index is 906. The largest absolute Gasteiger partial charge is 0.480 e.